The minimum atomic E-state index is -0.404. The zero-order chi connectivity index (χ0) is 23.6. The summed E-state index contributed by atoms with van der Waals surface area (Å²) in [5, 5.41) is 8.21. The van der Waals surface area contributed by atoms with E-state index in [1.165, 1.54) is 0 Å². The SMILES string of the molecule is CC(c1cccc(NC(=O)c2ccccc2)c1)N(C)C(=O)CNC(=O)NCc1ccccc1. The summed E-state index contributed by atoms with van der Waals surface area (Å²) in [5.41, 5.74) is 3.06. The highest BCUT2D eigenvalue weighted by Crippen LogP contribution is 2.22. The first-order chi connectivity index (χ1) is 15.9. The lowest BCUT2D eigenvalue weighted by Crippen LogP contribution is -2.43. The predicted molar refractivity (Wildman–Crippen MR) is 129 cm³/mol. The molecule has 0 saturated heterocycles. The van der Waals surface area contributed by atoms with Gasteiger partial charge < -0.3 is 20.9 Å². The molecule has 3 rings (SSSR count). The molecule has 0 fully saturated rings. The third kappa shape index (κ3) is 6.93. The summed E-state index contributed by atoms with van der Waals surface area (Å²) in [5.74, 6) is -0.424. The molecular weight excluding hydrogens is 416 g/mol. The van der Waals surface area contributed by atoms with Gasteiger partial charge in [-0.3, -0.25) is 9.59 Å². The molecule has 0 radical (unpaired) electrons. The number of nitrogens with one attached hydrogen (secondary N) is 3. The largest absolute Gasteiger partial charge is 0.337 e. The third-order valence-electron chi connectivity index (χ3n) is 5.33. The van der Waals surface area contributed by atoms with Gasteiger partial charge >= 0.3 is 6.03 Å². The van der Waals surface area contributed by atoms with Gasteiger partial charge in [-0.2, -0.15) is 0 Å². The lowest BCUT2D eigenvalue weighted by atomic mass is 10.1. The number of likely N-dealkylation sites (N-methyl/N-ethyl adjacent to an activating group) is 1. The molecule has 0 heterocycles. The maximum Gasteiger partial charge on any atom is 0.315 e. The van der Waals surface area contributed by atoms with Crippen molar-refractivity contribution >= 4 is 23.5 Å². The monoisotopic (exact) mass is 444 g/mol. The first kappa shape index (κ1) is 23.5. The van der Waals surface area contributed by atoms with Gasteiger partial charge in [-0.1, -0.05) is 60.7 Å². The van der Waals surface area contributed by atoms with Crippen LogP contribution in [0.5, 0.6) is 0 Å². The van der Waals surface area contributed by atoms with Crippen molar-refractivity contribution in [2.24, 2.45) is 0 Å². The molecule has 0 aliphatic heterocycles. The normalized spacial score (nSPS) is 11.2. The van der Waals surface area contributed by atoms with Crippen LogP contribution in [0.25, 0.3) is 0 Å². The van der Waals surface area contributed by atoms with E-state index in [4.69, 9.17) is 0 Å². The van der Waals surface area contributed by atoms with E-state index in [0.29, 0.717) is 17.8 Å². The molecule has 0 spiro atoms. The Balaban J connectivity index is 1.51. The van der Waals surface area contributed by atoms with Crippen molar-refractivity contribution in [2.75, 3.05) is 18.9 Å². The summed E-state index contributed by atoms with van der Waals surface area (Å²) in [6.45, 7) is 2.16. The van der Waals surface area contributed by atoms with E-state index >= 15 is 0 Å². The van der Waals surface area contributed by atoms with Gasteiger partial charge in [-0.15, -0.1) is 0 Å². The molecule has 0 aliphatic rings. The molecule has 33 heavy (non-hydrogen) atoms. The Hall–Kier alpha value is -4.13. The Morgan fingerprint density at radius 2 is 1.52 bits per heavy atom. The molecule has 0 bridgehead atoms. The molecule has 3 N–H and O–H groups in total. The van der Waals surface area contributed by atoms with Crippen LogP contribution in [0.4, 0.5) is 10.5 Å². The smallest absolute Gasteiger partial charge is 0.315 e. The van der Waals surface area contributed by atoms with E-state index in [0.717, 1.165) is 11.1 Å². The third-order valence-corrected chi connectivity index (χ3v) is 5.33. The number of hydrogen-bond donors (Lipinski definition) is 3. The number of amides is 4. The second kappa shape index (κ2) is 11.5. The first-order valence-corrected chi connectivity index (χ1v) is 10.7. The maximum absolute atomic E-state index is 12.6. The Morgan fingerprint density at radius 1 is 0.848 bits per heavy atom. The van der Waals surface area contributed by atoms with Crippen LogP contribution in [0.15, 0.2) is 84.9 Å². The fourth-order valence-corrected chi connectivity index (χ4v) is 3.23. The highest BCUT2D eigenvalue weighted by molar-refractivity contribution is 6.04. The minimum absolute atomic E-state index is 0.119. The van der Waals surface area contributed by atoms with E-state index in [2.05, 4.69) is 16.0 Å². The number of anilines is 1. The predicted octanol–water partition coefficient (Wildman–Crippen LogP) is 3.96. The molecule has 7 heteroatoms. The van der Waals surface area contributed by atoms with Gasteiger partial charge in [0.1, 0.15) is 0 Å². The van der Waals surface area contributed by atoms with Crippen LogP contribution in [0.3, 0.4) is 0 Å². The Labute approximate surface area is 193 Å². The average molecular weight is 445 g/mol. The standard InChI is InChI=1S/C26H28N4O3/c1-19(22-14-9-15-23(16-22)29-25(32)21-12-7-4-8-13-21)30(2)24(31)18-28-26(33)27-17-20-10-5-3-6-11-20/h3-16,19H,17-18H2,1-2H3,(H,29,32)(H2,27,28,33). The quantitative estimate of drug-likeness (QED) is 0.491. The van der Waals surface area contributed by atoms with Gasteiger partial charge in [0.25, 0.3) is 5.91 Å². The molecule has 170 valence electrons. The fraction of sp³-hybridized carbons (Fsp3) is 0.192. The molecule has 0 aromatic heterocycles. The van der Waals surface area contributed by atoms with Crippen LogP contribution in [-0.4, -0.2) is 36.3 Å². The number of carbonyl (C=O) groups is 3. The highest BCUT2D eigenvalue weighted by atomic mass is 16.2. The van der Waals surface area contributed by atoms with Crippen molar-refractivity contribution < 1.29 is 14.4 Å². The second-order valence-corrected chi connectivity index (χ2v) is 7.65. The number of carbonyl (C=O) groups excluding carboxylic acids is 3. The van der Waals surface area contributed by atoms with Crippen LogP contribution in [0.2, 0.25) is 0 Å². The Morgan fingerprint density at radius 3 is 2.21 bits per heavy atom. The maximum atomic E-state index is 12.6. The Kier molecular flexibility index (Phi) is 8.18. The van der Waals surface area contributed by atoms with Crippen molar-refractivity contribution in [1.82, 2.24) is 15.5 Å². The van der Waals surface area contributed by atoms with Crippen molar-refractivity contribution in [3.63, 3.8) is 0 Å². The van der Waals surface area contributed by atoms with Gasteiger partial charge in [0.15, 0.2) is 0 Å². The van der Waals surface area contributed by atoms with Crippen molar-refractivity contribution in [3.05, 3.63) is 102 Å². The lowest BCUT2D eigenvalue weighted by Gasteiger charge is -2.26. The molecule has 0 saturated carbocycles. The first-order valence-electron chi connectivity index (χ1n) is 10.7. The molecule has 3 aromatic rings. The zero-order valence-corrected chi connectivity index (χ0v) is 18.7. The van der Waals surface area contributed by atoms with E-state index in [9.17, 15) is 14.4 Å². The van der Waals surface area contributed by atoms with Crippen molar-refractivity contribution in [2.45, 2.75) is 19.5 Å². The van der Waals surface area contributed by atoms with Gasteiger partial charge in [0, 0.05) is 24.8 Å². The van der Waals surface area contributed by atoms with Gasteiger partial charge in [-0.25, -0.2) is 4.79 Å². The summed E-state index contributed by atoms with van der Waals surface area (Å²) < 4.78 is 0. The van der Waals surface area contributed by atoms with Gasteiger partial charge in [0.2, 0.25) is 5.91 Å². The summed E-state index contributed by atoms with van der Waals surface area (Å²) in [6, 6.07) is 25.2. The highest BCUT2D eigenvalue weighted by Gasteiger charge is 2.18. The minimum Gasteiger partial charge on any atom is -0.337 e. The molecule has 0 aliphatic carbocycles. The fourth-order valence-electron chi connectivity index (χ4n) is 3.23. The van der Waals surface area contributed by atoms with Crippen molar-refractivity contribution in [1.29, 1.82) is 0 Å². The number of nitrogens with zero attached hydrogens (tertiary/aromatic N) is 1. The molecule has 7 nitrogen and oxygen atoms in total. The average Bonchev–Trinajstić information content (AvgIpc) is 2.86. The molecule has 1 unspecified atom stereocenters. The van der Waals surface area contributed by atoms with Gasteiger partial charge in [-0.05, 0) is 42.3 Å². The molecule has 4 amide bonds. The summed E-state index contributed by atoms with van der Waals surface area (Å²) in [7, 11) is 1.69. The number of hydrogen-bond acceptors (Lipinski definition) is 3. The Bertz CT molecular complexity index is 1090. The zero-order valence-electron chi connectivity index (χ0n) is 18.7. The second-order valence-electron chi connectivity index (χ2n) is 7.65. The van der Waals surface area contributed by atoms with Crippen LogP contribution >= 0.6 is 0 Å². The molecule has 3 aromatic carbocycles. The van der Waals surface area contributed by atoms with Crippen LogP contribution in [-0.2, 0) is 11.3 Å². The van der Waals surface area contributed by atoms with Crippen LogP contribution < -0.4 is 16.0 Å². The molecular formula is C26H28N4O3. The van der Waals surface area contributed by atoms with E-state index in [1.54, 1.807) is 30.1 Å². The number of rotatable bonds is 8. The van der Waals surface area contributed by atoms with Crippen LogP contribution in [0.1, 0.15) is 34.5 Å². The lowest BCUT2D eigenvalue weighted by molar-refractivity contribution is -0.130. The van der Waals surface area contributed by atoms with E-state index in [1.807, 2.05) is 73.7 Å². The topological polar surface area (TPSA) is 90.5 Å². The van der Waals surface area contributed by atoms with E-state index < -0.39 is 6.03 Å². The van der Waals surface area contributed by atoms with E-state index in [-0.39, 0.29) is 24.4 Å². The summed E-state index contributed by atoms with van der Waals surface area (Å²) >= 11 is 0. The number of urea groups is 1. The number of benzene rings is 3. The molecule has 1 atom stereocenters. The van der Waals surface area contributed by atoms with Gasteiger partial charge in [0.05, 0.1) is 12.6 Å². The summed E-state index contributed by atoms with van der Waals surface area (Å²) in [4.78, 5) is 38.6. The van der Waals surface area contributed by atoms with Crippen molar-refractivity contribution in [3.8, 4) is 0 Å². The van der Waals surface area contributed by atoms with Crippen LogP contribution in [0, 0.1) is 0 Å². The summed E-state index contributed by atoms with van der Waals surface area (Å²) in [6.07, 6.45) is 0.